The van der Waals surface area contributed by atoms with Crippen LogP contribution in [0.4, 0.5) is 85.3 Å². The molecule has 0 unspecified atom stereocenters. The Hall–Kier alpha value is -13.3. The summed E-state index contributed by atoms with van der Waals surface area (Å²) in [6.45, 7) is 25.8. The normalized spacial score (nSPS) is 13.1. The standard InChI is InChI=1S/C102H82B3N5O4/c1-59-29-23-30-60(2)97(59)108(98-61(3)31-24-32-62(98)4)73-49-84-94-90(51-73)111-86-47-21-19-45-76(86)103(94)78-55-81-89(57-82(78)106(84)71-41-15-13-16-42-71)113-91-52-74(109(99-63(5)33-25-34-64(99)6)100-65(7)35-26-36-66(100)8)50-85-95(91)105(81)79-56-80-88(58-83(79)107(85)72-43-17-14-18-44-72)114-93-54-75(53-92-96(93)104(80)77-46-20-22-48-87(77)112-92)110(101-67(9)37-27-38-68(101)10)102-69(11)39-28-40-70(102)12/h13-58H,1-12H3. The Labute approximate surface area is 668 Å². The van der Waals surface area contributed by atoms with E-state index in [1.165, 1.54) is 44.5 Å². The van der Waals surface area contributed by atoms with Crippen LogP contribution in [-0.2, 0) is 0 Å². The smallest absolute Gasteiger partial charge is 0.260 e. The molecule has 15 aromatic carbocycles. The van der Waals surface area contributed by atoms with Crippen LogP contribution in [0.15, 0.2) is 279 Å². The Balaban J connectivity index is 0.847. The molecule has 12 heteroatoms. The fraction of sp³-hybridized carbons (Fsp3) is 0.118. The summed E-state index contributed by atoms with van der Waals surface area (Å²) in [5.41, 5.74) is 39.5. The molecule has 0 saturated heterocycles. The number of ether oxygens (including phenoxy) is 4. The second kappa shape index (κ2) is 26.2. The van der Waals surface area contributed by atoms with Gasteiger partial charge >= 0.3 is 0 Å². The van der Waals surface area contributed by atoms with Crippen LogP contribution in [0.2, 0.25) is 0 Å². The van der Waals surface area contributed by atoms with Gasteiger partial charge in [0.15, 0.2) is 0 Å². The highest BCUT2D eigenvalue weighted by Crippen LogP contribution is 2.54. The zero-order valence-corrected chi connectivity index (χ0v) is 66.2. The minimum atomic E-state index is -0.388. The number of para-hydroxylation sites is 10. The number of nitrogens with zero attached hydrogens (tertiary/aromatic N) is 5. The lowest BCUT2D eigenvalue weighted by molar-refractivity contribution is 0.465. The van der Waals surface area contributed by atoms with Gasteiger partial charge in [-0.15, -0.1) is 0 Å². The largest absolute Gasteiger partial charge is 0.458 e. The summed E-state index contributed by atoms with van der Waals surface area (Å²) in [4.78, 5) is 12.4. The predicted octanol–water partition coefficient (Wildman–Crippen LogP) is 21.3. The first-order valence-corrected chi connectivity index (χ1v) is 39.8. The second-order valence-electron chi connectivity index (χ2n) is 32.1. The molecule has 0 N–H and O–H groups in total. The second-order valence-corrected chi connectivity index (χ2v) is 32.1. The van der Waals surface area contributed by atoms with Gasteiger partial charge in [0.2, 0.25) is 0 Å². The van der Waals surface area contributed by atoms with E-state index in [0.717, 1.165) is 203 Å². The predicted molar refractivity (Wildman–Crippen MR) is 477 cm³/mol. The lowest BCUT2D eigenvalue weighted by Gasteiger charge is -2.44. The van der Waals surface area contributed by atoms with Crippen molar-refractivity contribution in [3.05, 3.63) is 346 Å². The summed E-state index contributed by atoms with van der Waals surface area (Å²) in [5, 5.41) is 0. The Morgan fingerprint density at radius 3 is 0.772 bits per heavy atom. The van der Waals surface area contributed by atoms with Gasteiger partial charge in [0.25, 0.3) is 20.1 Å². The average molecular weight is 1470 g/mol. The van der Waals surface area contributed by atoms with Crippen molar-refractivity contribution in [1.29, 1.82) is 0 Å². The van der Waals surface area contributed by atoms with E-state index in [4.69, 9.17) is 18.9 Å². The first-order chi connectivity index (χ1) is 55.5. The third kappa shape index (κ3) is 10.4. The van der Waals surface area contributed by atoms with Gasteiger partial charge in [0.05, 0.1) is 51.2 Å². The van der Waals surface area contributed by atoms with Crippen LogP contribution in [0.25, 0.3) is 0 Å². The summed E-state index contributed by atoms with van der Waals surface area (Å²) in [7, 11) is 0. The molecule has 0 fully saturated rings. The molecule has 114 heavy (non-hydrogen) atoms. The van der Waals surface area contributed by atoms with Gasteiger partial charge < -0.3 is 43.4 Å². The molecule has 0 aliphatic carbocycles. The number of aryl methyl sites for hydroxylation is 12. The van der Waals surface area contributed by atoms with Gasteiger partial charge in [-0.2, -0.15) is 0 Å². The lowest BCUT2D eigenvalue weighted by Crippen LogP contribution is -2.64. The van der Waals surface area contributed by atoms with Crippen molar-refractivity contribution in [2.75, 3.05) is 24.5 Å². The minimum absolute atomic E-state index is 0.269. The van der Waals surface area contributed by atoms with Crippen LogP contribution < -0.4 is 92.6 Å². The van der Waals surface area contributed by atoms with Crippen molar-refractivity contribution in [2.45, 2.75) is 83.1 Å². The Bertz CT molecular complexity index is 6340. The number of anilines is 15. The quantitative estimate of drug-likeness (QED) is 0.118. The minimum Gasteiger partial charge on any atom is -0.458 e. The number of rotatable bonds is 11. The van der Waals surface area contributed by atoms with Crippen LogP contribution in [-0.4, -0.2) is 20.1 Å². The zero-order chi connectivity index (χ0) is 77.4. The number of benzene rings is 15. The highest BCUT2D eigenvalue weighted by Gasteiger charge is 2.50. The number of fused-ring (bicyclic) bond motifs is 12. The maximum Gasteiger partial charge on any atom is 0.260 e. The van der Waals surface area contributed by atoms with E-state index in [0.29, 0.717) is 0 Å². The van der Waals surface area contributed by atoms with Gasteiger partial charge in [-0.05, 0) is 242 Å². The van der Waals surface area contributed by atoms with Gasteiger partial charge in [-0.1, -0.05) is 194 Å². The molecule has 0 aromatic heterocycles. The van der Waals surface area contributed by atoms with Crippen molar-refractivity contribution in [3.63, 3.8) is 0 Å². The first-order valence-electron chi connectivity index (χ1n) is 39.8. The number of hydrogen-bond donors (Lipinski definition) is 0. The Kier molecular flexibility index (Phi) is 15.8. The molecule has 0 radical (unpaired) electrons. The van der Waals surface area contributed by atoms with Crippen molar-refractivity contribution >= 4 is 155 Å². The van der Waals surface area contributed by atoms with E-state index >= 15 is 0 Å². The topological polar surface area (TPSA) is 53.1 Å². The molecule has 6 aliphatic rings. The van der Waals surface area contributed by atoms with Crippen LogP contribution >= 0.6 is 0 Å². The fourth-order valence-corrected chi connectivity index (χ4v) is 20.0. The summed E-state index contributed by atoms with van der Waals surface area (Å²) in [6, 6.07) is 103. The summed E-state index contributed by atoms with van der Waals surface area (Å²) >= 11 is 0. The maximum atomic E-state index is 8.09. The molecule has 6 aliphatic heterocycles. The van der Waals surface area contributed by atoms with E-state index in [-0.39, 0.29) is 20.1 Å². The van der Waals surface area contributed by atoms with Crippen LogP contribution in [0.5, 0.6) is 46.0 Å². The van der Waals surface area contributed by atoms with Gasteiger partial charge in [-0.25, -0.2) is 0 Å². The number of hydrogen-bond acceptors (Lipinski definition) is 9. The van der Waals surface area contributed by atoms with E-state index in [2.05, 4.69) is 387 Å². The van der Waals surface area contributed by atoms with Crippen LogP contribution in [0.1, 0.15) is 66.8 Å². The fourth-order valence-electron chi connectivity index (χ4n) is 20.0. The Morgan fingerprint density at radius 1 is 0.202 bits per heavy atom. The molecule has 9 nitrogen and oxygen atoms in total. The van der Waals surface area contributed by atoms with Crippen molar-refractivity contribution < 1.29 is 18.9 Å². The molecule has 0 spiro atoms. The van der Waals surface area contributed by atoms with E-state index in [1.54, 1.807) is 0 Å². The average Bonchev–Trinajstić information content (AvgIpc) is 0.687. The molecule has 0 amide bonds. The molecule has 6 heterocycles. The van der Waals surface area contributed by atoms with Crippen molar-refractivity contribution in [1.82, 2.24) is 0 Å². The van der Waals surface area contributed by atoms with Gasteiger partial charge in [0.1, 0.15) is 46.0 Å². The van der Waals surface area contributed by atoms with Crippen molar-refractivity contribution in [2.24, 2.45) is 0 Å². The third-order valence-corrected chi connectivity index (χ3v) is 24.8. The van der Waals surface area contributed by atoms with Crippen LogP contribution in [0, 0.1) is 83.1 Å². The van der Waals surface area contributed by atoms with Crippen LogP contribution in [0.3, 0.4) is 0 Å². The van der Waals surface area contributed by atoms with Crippen molar-refractivity contribution in [3.8, 4) is 46.0 Å². The maximum absolute atomic E-state index is 8.09. The molecular formula is C102H82B3N5O4. The molecule has 548 valence electrons. The summed E-state index contributed by atoms with van der Waals surface area (Å²) < 4.78 is 30.7. The molecule has 15 aromatic rings. The monoisotopic (exact) mass is 1470 g/mol. The van der Waals surface area contributed by atoms with Gasteiger partial charge in [-0.3, -0.25) is 0 Å². The summed E-state index contributed by atoms with van der Waals surface area (Å²) in [6.07, 6.45) is 0. The lowest BCUT2D eigenvalue weighted by atomic mass is 9.29. The SMILES string of the molecule is Cc1cccc(C)c1N(c1cc2c3c(c1)Oc1cc4c(cc1B3c1ccccc1O2)B1c2cc3c(cc2Oc2cc(N(c5c(C)cccc5C)c5c(C)cccc5C)cc(c21)N4c1ccccc1)N(c1ccccc1)c1cc(N(c2c(C)cccc2C)c2c(C)cccc2C)cc2c1B3c1ccccc1O2)c1c(C)cccc1C. The molecular weight excluding hydrogens is 1390 g/mol. The van der Waals surface area contributed by atoms with E-state index < -0.39 is 0 Å². The highest BCUT2D eigenvalue weighted by molar-refractivity contribution is 7.03. The third-order valence-electron chi connectivity index (χ3n) is 24.8. The first kappa shape index (κ1) is 68.7. The van der Waals surface area contributed by atoms with E-state index in [1.807, 2.05) is 0 Å². The van der Waals surface area contributed by atoms with Gasteiger partial charge in [0, 0.05) is 76.0 Å². The van der Waals surface area contributed by atoms with E-state index in [9.17, 15) is 0 Å². The molecule has 0 atom stereocenters. The molecule has 0 saturated carbocycles. The highest BCUT2D eigenvalue weighted by atomic mass is 16.5. The molecule has 21 rings (SSSR count). The molecule has 0 bridgehead atoms. The zero-order valence-electron chi connectivity index (χ0n) is 66.2. The Morgan fingerprint density at radius 2 is 0.456 bits per heavy atom. The summed E-state index contributed by atoms with van der Waals surface area (Å²) in [5.74, 6) is 6.29.